The summed E-state index contributed by atoms with van der Waals surface area (Å²) >= 11 is 0. The van der Waals surface area contributed by atoms with Gasteiger partial charge in [0.05, 0.1) is 11.0 Å². The summed E-state index contributed by atoms with van der Waals surface area (Å²) in [6.07, 6.45) is 10.3. The van der Waals surface area contributed by atoms with Gasteiger partial charge in [-0.3, -0.25) is 0 Å². The lowest BCUT2D eigenvalue weighted by Gasteiger charge is -2.09. The first-order valence-corrected chi connectivity index (χ1v) is 13.3. The molecule has 3 aromatic heterocycles. The van der Waals surface area contributed by atoms with Crippen LogP contribution in [0.2, 0.25) is 0 Å². The second-order valence-corrected chi connectivity index (χ2v) is 10.1. The number of allylic oxidation sites excluding steroid dienone is 4. The predicted molar refractivity (Wildman–Crippen MR) is 168 cm³/mol. The van der Waals surface area contributed by atoms with Crippen LogP contribution in [0, 0.1) is 0 Å². The van der Waals surface area contributed by atoms with Gasteiger partial charge in [0.1, 0.15) is 0 Å². The average Bonchev–Trinajstić information content (AvgIpc) is 3.67. The summed E-state index contributed by atoms with van der Waals surface area (Å²) in [7, 11) is 0. The van der Waals surface area contributed by atoms with Crippen molar-refractivity contribution in [2.75, 3.05) is 0 Å². The first kappa shape index (κ1) is 23.1. The molecule has 0 saturated carbocycles. The molecule has 0 aliphatic carbocycles. The van der Waals surface area contributed by atoms with E-state index in [2.05, 4.69) is 137 Å². The maximum absolute atomic E-state index is 4.06. The van der Waals surface area contributed by atoms with Crippen LogP contribution in [-0.4, -0.2) is 14.1 Å². The van der Waals surface area contributed by atoms with Crippen LogP contribution < -0.4 is 0 Å². The van der Waals surface area contributed by atoms with Crippen LogP contribution in [0.5, 0.6) is 0 Å². The van der Waals surface area contributed by atoms with Gasteiger partial charge in [0.25, 0.3) is 0 Å². The molecular formula is C36H29N3. The van der Waals surface area contributed by atoms with Crippen molar-refractivity contribution in [1.29, 1.82) is 0 Å². The number of hydrogen-bond donors (Lipinski definition) is 1. The summed E-state index contributed by atoms with van der Waals surface area (Å²) in [5.41, 5.74) is 10.5. The topological polar surface area (TPSA) is 25.6 Å². The molecule has 0 amide bonds. The van der Waals surface area contributed by atoms with Crippen molar-refractivity contribution in [1.82, 2.24) is 14.1 Å². The maximum Gasteiger partial charge on any atom is 0.0536 e. The van der Waals surface area contributed by atoms with Gasteiger partial charge < -0.3 is 14.1 Å². The highest BCUT2D eigenvalue weighted by Gasteiger charge is 2.13. The third-order valence-corrected chi connectivity index (χ3v) is 7.70. The first-order chi connectivity index (χ1) is 19.1. The molecule has 0 spiro atoms. The van der Waals surface area contributed by atoms with Crippen molar-refractivity contribution in [3.63, 3.8) is 0 Å². The lowest BCUT2D eigenvalue weighted by Crippen LogP contribution is -1.95. The van der Waals surface area contributed by atoms with Gasteiger partial charge >= 0.3 is 0 Å². The second-order valence-electron chi connectivity index (χ2n) is 10.1. The second kappa shape index (κ2) is 9.07. The Hall–Kier alpha value is -5.02. The maximum atomic E-state index is 4.06. The molecule has 39 heavy (non-hydrogen) atoms. The minimum Gasteiger partial charge on any atom is -0.354 e. The molecule has 3 heteroatoms. The minimum atomic E-state index is 1.10. The van der Waals surface area contributed by atoms with Crippen molar-refractivity contribution in [2.45, 2.75) is 13.8 Å². The summed E-state index contributed by atoms with van der Waals surface area (Å²) in [5, 5.41) is 4.91. The van der Waals surface area contributed by atoms with Crippen molar-refractivity contribution in [3.8, 4) is 16.8 Å². The normalized spacial score (nSPS) is 12.5. The van der Waals surface area contributed by atoms with E-state index in [1.165, 1.54) is 49.4 Å². The summed E-state index contributed by atoms with van der Waals surface area (Å²) in [6, 6.07) is 33.0. The molecule has 0 bridgehead atoms. The monoisotopic (exact) mass is 503 g/mol. The molecule has 0 atom stereocenters. The van der Waals surface area contributed by atoms with Crippen LogP contribution in [0.1, 0.15) is 19.5 Å². The molecule has 7 rings (SSSR count). The summed E-state index contributed by atoms with van der Waals surface area (Å²) in [6.45, 7) is 8.23. The van der Waals surface area contributed by atoms with E-state index in [9.17, 15) is 0 Å². The molecule has 0 fully saturated rings. The van der Waals surface area contributed by atoms with Gasteiger partial charge in [0, 0.05) is 55.9 Å². The molecule has 0 radical (unpaired) electrons. The highest BCUT2D eigenvalue weighted by molar-refractivity contribution is 6.12. The van der Waals surface area contributed by atoms with Crippen molar-refractivity contribution in [3.05, 3.63) is 128 Å². The van der Waals surface area contributed by atoms with Gasteiger partial charge in [-0.05, 0) is 97.8 Å². The Kier molecular flexibility index (Phi) is 5.38. The minimum absolute atomic E-state index is 1.10. The number of aromatic amines is 1. The largest absolute Gasteiger partial charge is 0.354 e. The SMILES string of the molecule is C=Cc1cc2cc(-c3ccc4[nH]c5cc6ccn(-c7ccccc7)c6cc5c4c3)ccc2n1/C(C)=C/C=C\C. The Morgan fingerprint density at radius 3 is 2.38 bits per heavy atom. The van der Waals surface area contributed by atoms with Gasteiger partial charge in [-0.1, -0.05) is 49.1 Å². The number of nitrogens with zero attached hydrogens (tertiary/aromatic N) is 2. The fourth-order valence-corrected chi connectivity index (χ4v) is 5.79. The number of fused-ring (bicyclic) bond motifs is 5. The molecule has 0 aliphatic heterocycles. The first-order valence-electron chi connectivity index (χ1n) is 13.3. The fourth-order valence-electron chi connectivity index (χ4n) is 5.79. The van der Waals surface area contributed by atoms with Crippen molar-refractivity contribution in [2.24, 2.45) is 0 Å². The zero-order valence-corrected chi connectivity index (χ0v) is 22.1. The number of rotatable bonds is 5. The third-order valence-electron chi connectivity index (χ3n) is 7.70. The molecule has 7 aromatic rings. The number of H-pyrrole nitrogens is 1. The van der Waals surface area contributed by atoms with Crippen molar-refractivity contribution >= 4 is 55.4 Å². The summed E-state index contributed by atoms with van der Waals surface area (Å²) in [5.74, 6) is 0. The standard InChI is InChI=1S/C36H29N3/c1-4-6-10-24(3)39-29(5-2)20-28-19-25(14-16-35(28)39)26-13-15-33-31(21-26)32-23-36-27(22-34(32)37-33)17-18-38(36)30-11-8-7-9-12-30/h4-23,37H,2H2,1,3H3/b6-4-,24-10+. The Bertz CT molecular complexity index is 2090. The molecule has 1 N–H and O–H groups in total. The van der Waals surface area contributed by atoms with E-state index < -0.39 is 0 Å². The Morgan fingerprint density at radius 1 is 0.769 bits per heavy atom. The van der Waals surface area contributed by atoms with Crippen LogP contribution in [0.3, 0.4) is 0 Å². The average molecular weight is 504 g/mol. The number of nitrogens with one attached hydrogen (secondary N) is 1. The van der Waals surface area contributed by atoms with Crippen molar-refractivity contribution < 1.29 is 0 Å². The van der Waals surface area contributed by atoms with E-state index in [1.807, 2.05) is 19.1 Å². The van der Waals surface area contributed by atoms with Gasteiger partial charge in [-0.25, -0.2) is 0 Å². The Balaban J connectivity index is 1.37. The molecule has 0 unspecified atom stereocenters. The Morgan fingerprint density at radius 2 is 1.56 bits per heavy atom. The predicted octanol–water partition coefficient (Wildman–Crippen LogP) is 9.97. The number of hydrogen-bond acceptors (Lipinski definition) is 0. The number of benzene rings is 4. The number of para-hydroxylation sites is 1. The van der Waals surface area contributed by atoms with E-state index >= 15 is 0 Å². The molecule has 188 valence electrons. The molecule has 3 heterocycles. The zero-order valence-electron chi connectivity index (χ0n) is 22.1. The molecular weight excluding hydrogens is 474 g/mol. The van der Waals surface area contributed by atoms with Gasteiger partial charge in [0.15, 0.2) is 0 Å². The van der Waals surface area contributed by atoms with E-state index in [0.29, 0.717) is 0 Å². The molecule has 0 aliphatic rings. The van der Waals surface area contributed by atoms with Gasteiger partial charge in [-0.15, -0.1) is 0 Å². The third kappa shape index (κ3) is 3.74. The number of aromatic nitrogens is 3. The lowest BCUT2D eigenvalue weighted by atomic mass is 10.0. The van der Waals surface area contributed by atoms with E-state index in [4.69, 9.17) is 0 Å². The molecule has 4 aromatic carbocycles. The fraction of sp³-hybridized carbons (Fsp3) is 0.0556. The van der Waals surface area contributed by atoms with Gasteiger partial charge in [0.2, 0.25) is 0 Å². The van der Waals surface area contributed by atoms with Gasteiger partial charge in [-0.2, -0.15) is 0 Å². The summed E-state index contributed by atoms with van der Waals surface area (Å²) in [4.78, 5) is 3.64. The highest BCUT2D eigenvalue weighted by Crippen LogP contribution is 2.35. The van der Waals surface area contributed by atoms with Crippen LogP contribution in [0.4, 0.5) is 0 Å². The lowest BCUT2D eigenvalue weighted by molar-refractivity contribution is 1.13. The smallest absolute Gasteiger partial charge is 0.0536 e. The summed E-state index contributed by atoms with van der Waals surface area (Å²) < 4.78 is 4.53. The highest BCUT2D eigenvalue weighted by atomic mass is 15.0. The zero-order chi connectivity index (χ0) is 26.5. The van der Waals surface area contributed by atoms with E-state index in [0.717, 1.165) is 22.4 Å². The van der Waals surface area contributed by atoms with E-state index in [1.54, 1.807) is 0 Å². The molecule has 0 saturated heterocycles. The molecule has 3 nitrogen and oxygen atoms in total. The van der Waals surface area contributed by atoms with Crippen LogP contribution in [-0.2, 0) is 0 Å². The van der Waals surface area contributed by atoms with E-state index in [-0.39, 0.29) is 0 Å². The van der Waals surface area contributed by atoms with Crippen LogP contribution in [0.25, 0.3) is 72.2 Å². The Labute approximate surface area is 227 Å². The van der Waals surface area contributed by atoms with Crippen LogP contribution >= 0.6 is 0 Å². The van der Waals surface area contributed by atoms with Crippen LogP contribution in [0.15, 0.2) is 122 Å². The quantitative estimate of drug-likeness (QED) is 0.226.